The Morgan fingerprint density at radius 3 is 2.69 bits per heavy atom. The first-order valence-electron chi connectivity index (χ1n) is 6.01. The van der Waals surface area contributed by atoms with Gasteiger partial charge in [0.25, 0.3) is 0 Å². The number of nitrogen functional groups attached to an aromatic ring is 1. The Morgan fingerprint density at radius 2 is 1.88 bits per heavy atom. The molecule has 0 bridgehead atoms. The molecule has 2 heterocycles. The Hall–Kier alpha value is -1.22. The molecule has 0 unspecified atom stereocenters. The lowest BCUT2D eigenvalue weighted by molar-refractivity contribution is 0.182. The number of rotatable bonds is 1. The van der Waals surface area contributed by atoms with Gasteiger partial charge in [-0.25, -0.2) is 0 Å². The van der Waals surface area contributed by atoms with Gasteiger partial charge in [-0.2, -0.15) is 0 Å². The number of nitrogens with two attached hydrogens (primary N) is 1. The van der Waals surface area contributed by atoms with Gasteiger partial charge < -0.3 is 15.4 Å². The Labute approximate surface area is 96.2 Å². The maximum atomic E-state index is 5.70. The van der Waals surface area contributed by atoms with Gasteiger partial charge in [0, 0.05) is 37.0 Å². The summed E-state index contributed by atoms with van der Waals surface area (Å²) in [6.07, 6.45) is 1.26. The van der Waals surface area contributed by atoms with Gasteiger partial charge >= 0.3 is 0 Å². The molecule has 0 radical (unpaired) electrons. The van der Waals surface area contributed by atoms with Gasteiger partial charge in [0.05, 0.1) is 6.61 Å². The molecule has 2 N–H and O–H groups in total. The van der Waals surface area contributed by atoms with Crippen LogP contribution in [0.1, 0.15) is 6.42 Å². The van der Waals surface area contributed by atoms with Gasteiger partial charge in [0.15, 0.2) is 0 Å². The fourth-order valence-corrected chi connectivity index (χ4v) is 2.78. The Morgan fingerprint density at radius 1 is 1.12 bits per heavy atom. The largest absolute Gasteiger partial charge is 0.399 e. The van der Waals surface area contributed by atoms with Crippen LogP contribution in [-0.4, -0.2) is 26.3 Å². The summed E-state index contributed by atoms with van der Waals surface area (Å²) in [7, 11) is 0. The van der Waals surface area contributed by atoms with Crippen LogP contribution in [-0.2, 0) is 4.74 Å². The summed E-state index contributed by atoms with van der Waals surface area (Å²) in [6.45, 7) is 4.19. The molecule has 0 aliphatic carbocycles. The molecule has 1 aromatic carbocycles. The summed E-state index contributed by atoms with van der Waals surface area (Å²) in [5.74, 6) is 1.52. The minimum absolute atomic E-state index is 0.728. The van der Waals surface area contributed by atoms with Gasteiger partial charge in [0.1, 0.15) is 0 Å². The number of fused-ring (bicyclic) bond motifs is 1. The van der Waals surface area contributed by atoms with Gasteiger partial charge in [0.2, 0.25) is 0 Å². The second-order valence-electron chi connectivity index (χ2n) is 4.88. The molecular formula is C13H18N2O. The maximum absolute atomic E-state index is 5.70. The average Bonchev–Trinajstić information content (AvgIpc) is 2.77. The monoisotopic (exact) mass is 218 g/mol. The lowest BCUT2D eigenvalue weighted by atomic mass is 9.88. The standard InChI is InChI=1S/C13H18N2O/c14-12-1-3-13(4-2-12)15-6-5-10-8-16-9-11(10)7-15/h1-4,10-11H,5-9,14H2/t10-,11-/m0/s1. The molecule has 2 aliphatic rings. The SMILES string of the molecule is Nc1ccc(N2CC[C@H]3COC[C@@H]3C2)cc1. The molecule has 0 aromatic heterocycles. The van der Waals surface area contributed by atoms with Gasteiger partial charge in [-0.05, 0) is 36.6 Å². The molecule has 86 valence electrons. The van der Waals surface area contributed by atoms with E-state index >= 15 is 0 Å². The van der Waals surface area contributed by atoms with Crippen LogP contribution in [0.2, 0.25) is 0 Å². The van der Waals surface area contributed by atoms with Crippen LogP contribution >= 0.6 is 0 Å². The molecule has 2 fully saturated rings. The van der Waals surface area contributed by atoms with Gasteiger partial charge in [-0.3, -0.25) is 0 Å². The van der Waals surface area contributed by atoms with Crippen molar-refractivity contribution in [2.45, 2.75) is 6.42 Å². The van der Waals surface area contributed by atoms with Crippen molar-refractivity contribution in [2.24, 2.45) is 11.8 Å². The third-order valence-corrected chi connectivity index (χ3v) is 3.81. The van der Waals surface area contributed by atoms with E-state index in [1.807, 2.05) is 12.1 Å². The fourth-order valence-electron chi connectivity index (χ4n) is 2.78. The molecule has 3 nitrogen and oxygen atoms in total. The van der Waals surface area contributed by atoms with E-state index in [-0.39, 0.29) is 0 Å². The highest BCUT2D eigenvalue weighted by Crippen LogP contribution is 2.31. The predicted molar refractivity (Wildman–Crippen MR) is 65.5 cm³/mol. The van der Waals surface area contributed by atoms with Crippen LogP contribution in [0, 0.1) is 11.8 Å². The third kappa shape index (κ3) is 1.76. The second kappa shape index (κ2) is 3.98. The topological polar surface area (TPSA) is 38.5 Å². The first-order chi connectivity index (χ1) is 7.83. The molecule has 0 spiro atoms. The van der Waals surface area contributed by atoms with Crippen LogP contribution in [0.4, 0.5) is 11.4 Å². The molecule has 2 aliphatic heterocycles. The summed E-state index contributed by atoms with van der Waals surface area (Å²) in [5, 5.41) is 0. The summed E-state index contributed by atoms with van der Waals surface area (Å²) in [5.41, 5.74) is 7.83. The molecular weight excluding hydrogens is 200 g/mol. The minimum atomic E-state index is 0.728. The van der Waals surface area contributed by atoms with E-state index in [9.17, 15) is 0 Å². The number of benzene rings is 1. The van der Waals surface area contributed by atoms with Crippen molar-refractivity contribution in [1.82, 2.24) is 0 Å². The van der Waals surface area contributed by atoms with E-state index < -0.39 is 0 Å². The Balaban J connectivity index is 1.74. The molecule has 0 amide bonds. The normalized spacial score (nSPS) is 29.1. The minimum Gasteiger partial charge on any atom is -0.399 e. The smallest absolute Gasteiger partial charge is 0.0514 e. The van der Waals surface area contributed by atoms with Crippen molar-refractivity contribution >= 4 is 11.4 Å². The number of anilines is 2. The molecule has 1 aromatic rings. The van der Waals surface area contributed by atoms with Crippen molar-refractivity contribution in [3.8, 4) is 0 Å². The third-order valence-electron chi connectivity index (χ3n) is 3.81. The predicted octanol–water partition coefficient (Wildman–Crippen LogP) is 1.74. The van der Waals surface area contributed by atoms with E-state index in [4.69, 9.17) is 10.5 Å². The zero-order chi connectivity index (χ0) is 11.0. The number of piperidine rings is 1. The van der Waals surface area contributed by atoms with Crippen molar-refractivity contribution in [1.29, 1.82) is 0 Å². The summed E-state index contributed by atoms with van der Waals surface area (Å²) >= 11 is 0. The lowest BCUT2D eigenvalue weighted by Crippen LogP contribution is -2.39. The van der Waals surface area contributed by atoms with E-state index in [2.05, 4.69) is 17.0 Å². The molecule has 2 atom stereocenters. The second-order valence-corrected chi connectivity index (χ2v) is 4.88. The number of nitrogens with zero attached hydrogens (tertiary/aromatic N) is 1. The van der Waals surface area contributed by atoms with Crippen molar-refractivity contribution in [3.63, 3.8) is 0 Å². The van der Waals surface area contributed by atoms with Gasteiger partial charge in [-0.15, -0.1) is 0 Å². The summed E-state index contributed by atoms with van der Waals surface area (Å²) in [6, 6.07) is 8.19. The van der Waals surface area contributed by atoms with Crippen LogP contribution in [0.3, 0.4) is 0 Å². The summed E-state index contributed by atoms with van der Waals surface area (Å²) < 4.78 is 5.55. The maximum Gasteiger partial charge on any atom is 0.0514 e. The van der Waals surface area contributed by atoms with Crippen molar-refractivity contribution < 1.29 is 4.74 Å². The zero-order valence-corrected chi connectivity index (χ0v) is 9.43. The molecule has 3 rings (SSSR count). The highest BCUT2D eigenvalue weighted by Gasteiger charge is 2.33. The van der Waals surface area contributed by atoms with E-state index in [0.29, 0.717) is 0 Å². The molecule has 16 heavy (non-hydrogen) atoms. The molecule has 3 heteroatoms. The van der Waals surface area contributed by atoms with Crippen LogP contribution in [0.15, 0.2) is 24.3 Å². The number of hydrogen-bond donors (Lipinski definition) is 1. The van der Waals surface area contributed by atoms with Crippen molar-refractivity contribution in [3.05, 3.63) is 24.3 Å². The Kier molecular flexibility index (Phi) is 2.48. The van der Waals surface area contributed by atoms with Crippen LogP contribution < -0.4 is 10.6 Å². The molecule has 0 saturated carbocycles. The van der Waals surface area contributed by atoms with Crippen molar-refractivity contribution in [2.75, 3.05) is 36.9 Å². The quantitative estimate of drug-likeness (QED) is 0.730. The lowest BCUT2D eigenvalue weighted by Gasteiger charge is -2.35. The van der Waals surface area contributed by atoms with Crippen LogP contribution in [0.25, 0.3) is 0 Å². The highest BCUT2D eigenvalue weighted by molar-refractivity contribution is 5.53. The Bertz CT molecular complexity index is 363. The average molecular weight is 218 g/mol. The summed E-state index contributed by atoms with van der Waals surface area (Å²) in [4.78, 5) is 2.45. The van der Waals surface area contributed by atoms with E-state index in [1.54, 1.807) is 0 Å². The number of hydrogen-bond acceptors (Lipinski definition) is 3. The first kappa shape index (κ1) is 9.97. The van der Waals surface area contributed by atoms with E-state index in [0.717, 1.165) is 43.8 Å². The van der Waals surface area contributed by atoms with Crippen LogP contribution in [0.5, 0.6) is 0 Å². The van der Waals surface area contributed by atoms with E-state index in [1.165, 1.54) is 12.1 Å². The fraction of sp³-hybridized carbons (Fsp3) is 0.538. The number of ether oxygens (including phenoxy) is 1. The zero-order valence-electron chi connectivity index (χ0n) is 9.43. The highest BCUT2D eigenvalue weighted by atomic mass is 16.5. The molecule has 2 saturated heterocycles. The first-order valence-corrected chi connectivity index (χ1v) is 6.01. The van der Waals surface area contributed by atoms with Gasteiger partial charge in [-0.1, -0.05) is 0 Å².